The molecule has 0 spiro atoms. The van der Waals surface area contributed by atoms with Crippen molar-refractivity contribution in [3.8, 4) is 16.2 Å². The second kappa shape index (κ2) is 9.10. The van der Waals surface area contributed by atoms with Crippen molar-refractivity contribution in [1.82, 2.24) is 10.6 Å². The van der Waals surface area contributed by atoms with E-state index in [0.29, 0.717) is 13.1 Å². The number of carbonyl (C=O) groups excluding carboxylic acids is 1. The highest BCUT2D eigenvalue weighted by atomic mass is 32.1. The van der Waals surface area contributed by atoms with E-state index in [2.05, 4.69) is 22.8 Å². The van der Waals surface area contributed by atoms with Crippen LogP contribution in [0.2, 0.25) is 0 Å². The van der Waals surface area contributed by atoms with Gasteiger partial charge in [0.15, 0.2) is 0 Å². The van der Waals surface area contributed by atoms with Gasteiger partial charge < -0.3 is 19.8 Å². The molecule has 6 heteroatoms. The molecule has 2 aromatic heterocycles. The molecule has 136 valence electrons. The third kappa shape index (κ3) is 5.13. The fraction of sp³-hybridized carbons (Fsp3) is 0.250. The summed E-state index contributed by atoms with van der Waals surface area (Å²) in [6.45, 7) is 1.21. The molecule has 0 aliphatic heterocycles. The number of amides is 2. The number of rotatable bonds is 8. The molecular weight excluding hydrogens is 348 g/mol. The lowest BCUT2D eigenvalue weighted by Crippen LogP contribution is -2.37. The standard InChI is InChI=1S/C20H22N2O3S/c1-24-17-4-2-15(3-5-17)8-11-21-20(23)22-12-9-18-6-7-19(26-18)16-10-13-25-14-16/h2-7,10,13-14H,8-9,11-12H2,1H3,(H2,21,22,23). The van der Waals surface area contributed by atoms with Gasteiger partial charge in [-0.2, -0.15) is 0 Å². The van der Waals surface area contributed by atoms with Crippen molar-refractivity contribution in [2.24, 2.45) is 0 Å². The average molecular weight is 370 g/mol. The summed E-state index contributed by atoms with van der Waals surface area (Å²) in [7, 11) is 1.65. The summed E-state index contributed by atoms with van der Waals surface area (Å²) in [5.74, 6) is 0.837. The molecule has 0 saturated carbocycles. The number of benzene rings is 1. The van der Waals surface area contributed by atoms with E-state index in [1.165, 1.54) is 9.75 Å². The Labute approximate surface area is 157 Å². The number of hydrogen-bond donors (Lipinski definition) is 2. The van der Waals surface area contributed by atoms with Crippen LogP contribution in [0.1, 0.15) is 10.4 Å². The summed E-state index contributed by atoms with van der Waals surface area (Å²) in [5.41, 5.74) is 2.25. The fourth-order valence-corrected chi connectivity index (χ4v) is 3.54. The maximum Gasteiger partial charge on any atom is 0.314 e. The topological polar surface area (TPSA) is 63.5 Å². The monoisotopic (exact) mass is 370 g/mol. The Bertz CT molecular complexity index is 810. The second-order valence-corrected chi connectivity index (χ2v) is 6.98. The van der Waals surface area contributed by atoms with Gasteiger partial charge in [0, 0.05) is 28.4 Å². The molecule has 0 aliphatic carbocycles. The molecule has 2 amide bonds. The summed E-state index contributed by atoms with van der Waals surface area (Å²) in [5, 5.41) is 5.78. The molecule has 2 heterocycles. The predicted octanol–water partition coefficient (Wildman–Crippen LogP) is 4.10. The quantitative estimate of drug-likeness (QED) is 0.627. The summed E-state index contributed by atoms with van der Waals surface area (Å²) in [4.78, 5) is 14.3. The first-order chi connectivity index (χ1) is 12.7. The van der Waals surface area contributed by atoms with Gasteiger partial charge in [-0.25, -0.2) is 4.79 Å². The van der Waals surface area contributed by atoms with Crippen LogP contribution in [0.3, 0.4) is 0 Å². The molecule has 0 radical (unpaired) electrons. The molecule has 0 fully saturated rings. The molecule has 2 N–H and O–H groups in total. The van der Waals surface area contributed by atoms with Crippen LogP contribution in [-0.2, 0) is 12.8 Å². The Balaban J connectivity index is 1.34. The average Bonchev–Trinajstić information content (AvgIpc) is 3.34. The minimum Gasteiger partial charge on any atom is -0.497 e. The van der Waals surface area contributed by atoms with E-state index >= 15 is 0 Å². The number of thiophene rings is 1. The van der Waals surface area contributed by atoms with Crippen LogP contribution in [0.15, 0.2) is 59.4 Å². The number of urea groups is 1. The number of furan rings is 1. The van der Waals surface area contributed by atoms with Crippen molar-refractivity contribution >= 4 is 17.4 Å². The zero-order valence-electron chi connectivity index (χ0n) is 14.7. The molecule has 3 rings (SSSR count). The highest BCUT2D eigenvalue weighted by molar-refractivity contribution is 7.15. The first-order valence-electron chi connectivity index (χ1n) is 8.50. The van der Waals surface area contributed by atoms with E-state index in [4.69, 9.17) is 9.15 Å². The molecule has 0 bridgehead atoms. The van der Waals surface area contributed by atoms with Crippen LogP contribution in [0.5, 0.6) is 5.75 Å². The summed E-state index contributed by atoms with van der Waals surface area (Å²) in [6, 6.07) is 13.9. The number of hydrogen-bond acceptors (Lipinski definition) is 4. The van der Waals surface area contributed by atoms with Gasteiger partial charge in [0.1, 0.15) is 5.75 Å². The van der Waals surface area contributed by atoms with Gasteiger partial charge in [0.2, 0.25) is 0 Å². The van der Waals surface area contributed by atoms with E-state index in [-0.39, 0.29) is 6.03 Å². The van der Waals surface area contributed by atoms with Gasteiger partial charge in [-0.3, -0.25) is 0 Å². The van der Waals surface area contributed by atoms with Crippen molar-refractivity contribution in [3.63, 3.8) is 0 Å². The molecule has 0 atom stereocenters. The van der Waals surface area contributed by atoms with Gasteiger partial charge in [0.05, 0.1) is 19.6 Å². The molecule has 3 aromatic rings. The first kappa shape index (κ1) is 18.1. The molecule has 0 unspecified atom stereocenters. The Hall–Kier alpha value is -2.73. The largest absolute Gasteiger partial charge is 0.497 e. The summed E-state index contributed by atoms with van der Waals surface area (Å²) >= 11 is 1.72. The van der Waals surface area contributed by atoms with E-state index in [0.717, 1.165) is 29.7 Å². The molecular formula is C20H22N2O3S. The van der Waals surface area contributed by atoms with Gasteiger partial charge in [-0.05, 0) is 48.7 Å². The van der Waals surface area contributed by atoms with Crippen LogP contribution in [0.4, 0.5) is 4.79 Å². The zero-order chi connectivity index (χ0) is 18.2. The Kier molecular flexibility index (Phi) is 6.33. The lowest BCUT2D eigenvalue weighted by Gasteiger charge is -2.07. The van der Waals surface area contributed by atoms with Crippen LogP contribution in [0.25, 0.3) is 10.4 Å². The van der Waals surface area contributed by atoms with Crippen LogP contribution < -0.4 is 15.4 Å². The number of ether oxygens (including phenoxy) is 1. The molecule has 0 aliphatic rings. The smallest absolute Gasteiger partial charge is 0.314 e. The summed E-state index contributed by atoms with van der Waals surface area (Å²) < 4.78 is 10.2. The maximum absolute atomic E-state index is 11.9. The second-order valence-electron chi connectivity index (χ2n) is 5.81. The Morgan fingerprint density at radius 1 is 1.04 bits per heavy atom. The van der Waals surface area contributed by atoms with Crippen molar-refractivity contribution in [2.45, 2.75) is 12.8 Å². The normalized spacial score (nSPS) is 10.5. The van der Waals surface area contributed by atoms with Crippen molar-refractivity contribution < 1.29 is 13.9 Å². The highest BCUT2D eigenvalue weighted by Crippen LogP contribution is 2.28. The Morgan fingerprint density at radius 3 is 2.50 bits per heavy atom. The van der Waals surface area contributed by atoms with Crippen molar-refractivity contribution in [2.75, 3.05) is 20.2 Å². The number of nitrogens with one attached hydrogen (secondary N) is 2. The lowest BCUT2D eigenvalue weighted by atomic mass is 10.1. The van der Waals surface area contributed by atoms with Crippen molar-refractivity contribution in [1.29, 1.82) is 0 Å². The molecule has 26 heavy (non-hydrogen) atoms. The third-order valence-electron chi connectivity index (χ3n) is 3.98. The van der Waals surface area contributed by atoms with Gasteiger partial charge in [-0.15, -0.1) is 11.3 Å². The minimum atomic E-state index is -0.134. The lowest BCUT2D eigenvalue weighted by molar-refractivity contribution is 0.241. The zero-order valence-corrected chi connectivity index (χ0v) is 15.5. The van der Waals surface area contributed by atoms with Crippen molar-refractivity contribution in [3.05, 3.63) is 65.4 Å². The fourth-order valence-electron chi connectivity index (χ4n) is 2.55. The molecule has 5 nitrogen and oxygen atoms in total. The van der Waals surface area contributed by atoms with E-state index < -0.39 is 0 Å². The predicted molar refractivity (Wildman–Crippen MR) is 104 cm³/mol. The van der Waals surface area contributed by atoms with Gasteiger partial charge >= 0.3 is 6.03 Å². The van der Waals surface area contributed by atoms with Gasteiger partial charge in [0.25, 0.3) is 0 Å². The highest BCUT2D eigenvalue weighted by Gasteiger charge is 2.05. The van der Waals surface area contributed by atoms with E-state index in [9.17, 15) is 4.79 Å². The molecule has 0 saturated heterocycles. The van der Waals surface area contributed by atoms with E-state index in [1.807, 2.05) is 30.3 Å². The van der Waals surface area contributed by atoms with Gasteiger partial charge in [-0.1, -0.05) is 12.1 Å². The SMILES string of the molecule is COc1ccc(CCNC(=O)NCCc2ccc(-c3ccoc3)s2)cc1. The molecule has 1 aromatic carbocycles. The van der Waals surface area contributed by atoms with Crippen LogP contribution in [-0.4, -0.2) is 26.2 Å². The Morgan fingerprint density at radius 2 is 1.81 bits per heavy atom. The number of methoxy groups -OCH3 is 1. The van der Waals surface area contributed by atoms with Crippen LogP contribution >= 0.6 is 11.3 Å². The third-order valence-corrected chi connectivity index (χ3v) is 5.18. The first-order valence-corrected chi connectivity index (χ1v) is 9.32. The summed E-state index contributed by atoms with van der Waals surface area (Å²) in [6.07, 6.45) is 5.02. The maximum atomic E-state index is 11.9. The van der Waals surface area contributed by atoms with E-state index in [1.54, 1.807) is 31.0 Å². The number of carbonyl (C=O) groups is 1. The van der Waals surface area contributed by atoms with Crippen LogP contribution in [0, 0.1) is 0 Å². The minimum absolute atomic E-state index is 0.134.